The Bertz CT molecular complexity index is 1190. The molecule has 0 radical (unpaired) electrons. The number of thioether (sulfide) groups is 1. The number of esters is 1. The summed E-state index contributed by atoms with van der Waals surface area (Å²) in [6, 6.07) is 8.09. The van der Waals surface area contributed by atoms with Gasteiger partial charge in [0, 0.05) is 23.2 Å². The van der Waals surface area contributed by atoms with Crippen molar-refractivity contribution in [2.24, 2.45) is 0 Å². The summed E-state index contributed by atoms with van der Waals surface area (Å²) in [4.78, 5) is 45.4. The summed E-state index contributed by atoms with van der Waals surface area (Å²) in [5, 5.41) is 9.69. The molecule has 11 heteroatoms. The van der Waals surface area contributed by atoms with Crippen molar-refractivity contribution in [2.75, 3.05) is 0 Å². The van der Waals surface area contributed by atoms with Crippen molar-refractivity contribution >= 4 is 35.4 Å². The Kier molecular flexibility index (Phi) is 7.64. The van der Waals surface area contributed by atoms with Crippen molar-refractivity contribution in [3.05, 3.63) is 52.8 Å². The van der Waals surface area contributed by atoms with Crippen molar-refractivity contribution in [2.45, 2.75) is 57.7 Å². The minimum Gasteiger partial charge on any atom is -0.449 e. The first kappa shape index (κ1) is 24.2. The van der Waals surface area contributed by atoms with Crippen molar-refractivity contribution in [3.63, 3.8) is 0 Å². The van der Waals surface area contributed by atoms with Gasteiger partial charge in [-0.25, -0.2) is 19.1 Å². The maximum absolute atomic E-state index is 12.7. The Morgan fingerprint density at radius 2 is 1.85 bits per heavy atom. The fourth-order valence-electron chi connectivity index (χ4n) is 2.99. The van der Waals surface area contributed by atoms with Crippen molar-refractivity contribution in [1.82, 2.24) is 30.2 Å². The van der Waals surface area contributed by atoms with Gasteiger partial charge in [0.1, 0.15) is 0 Å². The first-order chi connectivity index (χ1) is 15.6. The van der Waals surface area contributed by atoms with E-state index in [-0.39, 0.29) is 6.04 Å². The number of nitrogens with one attached hydrogen (secondary N) is 2. The lowest BCUT2D eigenvalue weighted by atomic mass is 10.1. The fourth-order valence-corrected chi connectivity index (χ4v) is 3.81. The zero-order valence-corrected chi connectivity index (χ0v) is 19.9. The van der Waals surface area contributed by atoms with Gasteiger partial charge < -0.3 is 10.1 Å². The topological polar surface area (TPSA) is 128 Å². The van der Waals surface area contributed by atoms with Gasteiger partial charge in [-0.3, -0.25) is 10.1 Å². The van der Waals surface area contributed by atoms with E-state index in [1.807, 2.05) is 26.0 Å². The number of hydrogen-bond donors (Lipinski definition) is 2. The molecule has 1 aromatic carbocycles. The molecule has 0 aliphatic carbocycles. The van der Waals surface area contributed by atoms with Gasteiger partial charge in [0.05, 0.1) is 5.56 Å². The van der Waals surface area contributed by atoms with Crippen LogP contribution in [-0.4, -0.2) is 49.6 Å². The molecule has 0 fully saturated rings. The third kappa shape index (κ3) is 6.28. The van der Waals surface area contributed by atoms with Crippen LogP contribution in [0.15, 0.2) is 35.5 Å². The Hall–Kier alpha value is -3.47. The van der Waals surface area contributed by atoms with E-state index in [0.717, 1.165) is 11.4 Å². The molecule has 1 atom stereocenters. The van der Waals surface area contributed by atoms with Crippen molar-refractivity contribution < 1.29 is 19.1 Å². The summed E-state index contributed by atoms with van der Waals surface area (Å²) in [6.45, 7) is 8.77. The molecule has 0 saturated heterocycles. The Balaban J connectivity index is 1.66. The van der Waals surface area contributed by atoms with E-state index < -0.39 is 24.0 Å². The molecule has 3 amide bonds. The molecule has 0 aliphatic rings. The summed E-state index contributed by atoms with van der Waals surface area (Å²) in [7, 11) is 0. The summed E-state index contributed by atoms with van der Waals surface area (Å²) >= 11 is 1.36. The minimum absolute atomic E-state index is 0.133. The molecule has 10 nitrogen and oxygen atoms in total. The normalized spacial score (nSPS) is 11.9. The quantitative estimate of drug-likeness (QED) is 0.399. The molecule has 0 saturated carbocycles. The number of aromatic nitrogens is 4. The van der Waals surface area contributed by atoms with Crippen LogP contribution in [0.25, 0.3) is 5.78 Å². The largest absolute Gasteiger partial charge is 0.449 e. The number of aryl methyl sites for hydroxylation is 2. The zero-order valence-electron chi connectivity index (χ0n) is 19.1. The van der Waals surface area contributed by atoms with E-state index in [9.17, 15) is 14.4 Å². The number of benzene rings is 1. The molecular formula is C22H26N6O4S. The number of rotatable bonds is 7. The average Bonchev–Trinajstić information content (AvgIpc) is 3.15. The third-order valence-corrected chi connectivity index (χ3v) is 5.39. The maximum atomic E-state index is 12.7. The molecule has 174 valence electrons. The van der Waals surface area contributed by atoms with Crippen LogP contribution in [-0.2, 0) is 15.3 Å². The highest BCUT2D eigenvalue weighted by Gasteiger charge is 2.22. The second kappa shape index (κ2) is 10.4. The molecule has 2 heterocycles. The smallest absolute Gasteiger partial charge is 0.339 e. The second-order valence-corrected chi connectivity index (χ2v) is 8.70. The average molecular weight is 471 g/mol. The third-order valence-electron chi connectivity index (χ3n) is 4.50. The van der Waals surface area contributed by atoms with E-state index >= 15 is 0 Å². The van der Waals surface area contributed by atoms with E-state index in [1.165, 1.54) is 18.7 Å². The van der Waals surface area contributed by atoms with Crippen molar-refractivity contribution in [1.29, 1.82) is 0 Å². The number of nitrogens with zero attached hydrogens (tertiary/aromatic N) is 4. The van der Waals surface area contributed by atoms with E-state index in [4.69, 9.17) is 4.74 Å². The van der Waals surface area contributed by atoms with E-state index in [1.54, 1.807) is 36.6 Å². The summed E-state index contributed by atoms with van der Waals surface area (Å²) in [5.74, 6) is -0.434. The van der Waals surface area contributed by atoms with Gasteiger partial charge in [0.15, 0.2) is 6.10 Å². The molecule has 3 rings (SSSR count). The summed E-state index contributed by atoms with van der Waals surface area (Å²) < 4.78 is 6.96. The number of amides is 3. The van der Waals surface area contributed by atoms with Crippen LogP contribution < -0.4 is 10.6 Å². The van der Waals surface area contributed by atoms with Crippen molar-refractivity contribution in [3.8, 4) is 0 Å². The van der Waals surface area contributed by atoms with Crippen LogP contribution in [0.4, 0.5) is 4.79 Å². The van der Waals surface area contributed by atoms with Crippen LogP contribution in [0.5, 0.6) is 0 Å². The monoisotopic (exact) mass is 470 g/mol. The Morgan fingerprint density at radius 3 is 2.58 bits per heavy atom. The molecule has 33 heavy (non-hydrogen) atoms. The Morgan fingerprint density at radius 1 is 1.12 bits per heavy atom. The summed E-state index contributed by atoms with van der Waals surface area (Å²) in [6.07, 6.45) is -1.14. The first-order valence-electron chi connectivity index (χ1n) is 10.4. The molecule has 2 N–H and O–H groups in total. The van der Waals surface area contributed by atoms with Crippen LogP contribution in [0.3, 0.4) is 0 Å². The molecular weight excluding hydrogens is 444 g/mol. The molecule has 2 aromatic heterocycles. The lowest BCUT2D eigenvalue weighted by Gasteiger charge is -2.15. The first-order valence-corrected chi connectivity index (χ1v) is 11.4. The Labute approximate surface area is 195 Å². The lowest BCUT2D eigenvalue weighted by Crippen LogP contribution is -2.46. The highest BCUT2D eigenvalue weighted by atomic mass is 32.2. The predicted molar refractivity (Wildman–Crippen MR) is 123 cm³/mol. The van der Waals surface area contributed by atoms with Gasteiger partial charge in [-0.15, -0.1) is 5.10 Å². The molecule has 0 spiro atoms. The number of hydrogen-bond acceptors (Lipinski definition) is 8. The molecule has 0 bridgehead atoms. The molecule has 0 aliphatic heterocycles. The fraction of sp³-hybridized carbons (Fsp3) is 0.364. The summed E-state index contributed by atoms with van der Waals surface area (Å²) in [5.41, 5.74) is 2.81. The SMILES string of the molecule is Cc1cc(C)n2nc(SCc3ccccc3C(=O)OC(C)C(=O)NC(=O)NC(C)C)nc2n1. The number of fused-ring (bicyclic) bond motifs is 1. The number of carbonyl (C=O) groups is 3. The van der Waals surface area contributed by atoms with Crippen LogP contribution in [0, 0.1) is 13.8 Å². The number of carbonyl (C=O) groups excluding carboxylic acids is 3. The van der Waals surface area contributed by atoms with Crippen LogP contribution in [0.1, 0.15) is 48.1 Å². The number of urea groups is 1. The van der Waals surface area contributed by atoms with E-state index in [0.29, 0.717) is 27.8 Å². The van der Waals surface area contributed by atoms with Crippen LogP contribution in [0.2, 0.25) is 0 Å². The second-order valence-electron chi connectivity index (χ2n) is 7.76. The van der Waals surface area contributed by atoms with Gasteiger partial charge in [-0.2, -0.15) is 4.98 Å². The van der Waals surface area contributed by atoms with Gasteiger partial charge in [-0.1, -0.05) is 30.0 Å². The van der Waals surface area contributed by atoms with Gasteiger partial charge >= 0.3 is 12.0 Å². The lowest BCUT2D eigenvalue weighted by molar-refractivity contribution is -0.127. The van der Waals surface area contributed by atoms with E-state index in [2.05, 4.69) is 25.7 Å². The highest BCUT2D eigenvalue weighted by molar-refractivity contribution is 7.98. The zero-order chi connectivity index (χ0) is 24.1. The minimum atomic E-state index is -1.14. The van der Waals surface area contributed by atoms with Crippen LogP contribution >= 0.6 is 11.8 Å². The maximum Gasteiger partial charge on any atom is 0.339 e. The molecule has 3 aromatic rings. The molecule has 1 unspecified atom stereocenters. The highest BCUT2D eigenvalue weighted by Crippen LogP contribution is 2.23. The van der Waals surface area contributed by atoms with Gasteiger partial charge in [0.25, 0.3) is 11.7 Å². The van der Waals surface area contributed by atoms with Gasteiger partial charge in [0.2, 0.25) is 5.16 Å². The standard InChI is InChI=1S/C22H26N6O4S/c1-12(2)23-21(31)25-18(29)15(5)32-19(30)17-9-7-6-8-16(17)11-33-22-26-20-24-13(3)10-14(4)28(20)27-22/h6-10,12,15H,11H2,1-5H3,(H2,23,25,29,31). The number of ether oxygens (including phenoxy) is 1. The predicted octanol–water partition coefficient (Wildman–Crippen LogP) is 2.81. The van der Waals surface area contributed by atoms with Gasteiger partial charge in [-0.05, 0) is 52.3 Å². The number of imide groups is 1.